The second-order valence-corrected chi connectivity index (χ2v) is 11.8. The summed E-state index contributed by atoms with van der Waals surface area (Å²) in [6.07, 6.45) is 10.3. The van der Waals surface area contributed by atoms with E-state index < -0.39 is 9.52 Å². The molecule has 0 atom stereocenters. The zero-order valence-electron chi connectivity index (χ0n) is 22.9. The monoisotopic (exact) mass is 524 g/mol. The Morgan fingerprint density at radius 3 is 1.67 bits per heavy atom. The van der Waals surface area contributed by atoms with E-state index in [1.54, 1.807) is 0 Å². The Morgan fingerprint density at radius 2 is 1.26 bits per heavy atom. The normalized spacial score (nSPS) is 11.0. The average Bonchev–Trinajstić information content (AvgIpc) is 3.56. The number of nitrogens with zero attached hydrogens (tertiary/aromatic N) is 2. The van der Waals surface area contributed by atoms with E-state index in [0.717, 1.165) is 6.42 Å². The quantitative estimate of drug-likeness (QED) is 0.110. The summed E-state index contributed by atoms with van der Waals surface area (Å²) in [6.45, 7) is 3.86. The first kappa shape index (κ1) is 27.9. The van der Waals surface area contributed by atoms with Crippen molar-refractivity contribution in [3.05, 3.63) is 181 Å². The van der Waals surface area contributed by atoms with E-state index in [1.165, 1.54) is 40.3 Å². The van der Waals surface area contributed by atoms with Gasteiger partial charge in [-0.2, -0.15) is 0 Å². The number of aromatic nitrogens is 2. The van der Waals surface area contributed by atoms with Gasteiger partial charge in [-0.25, -0.2) is 4.98 Å². The fourth-order valence-corrected chi connectivity index (χ4v) is 7.74. The molecule has 0 spiro atoms. The van der Waals surface area contributed by atoms with Crippen LogP contribution < -0.4 is 0 Å². The van der Waals surface area contributed by atoms with Gasteiger partial charge >= 0.3 is 0 Å². The van der Waals surface area contributed by atoms with Crippen molar-refractivity contribution in [2.75, 3.05) is 0 Å². The maximum atomic E-state index is 4.35. The molecule has 0 saturated carbocycles. The van der Waals surface area contributed by atoms with Crippen LogP contribution in [0.4, 0.5) is 0 Å². The first-order chi connectivity index (χ1) is 19.3. The van der Waals surface area contributed by atoms with Gasteiger partial charge < -0.3 is 4.57 Å². The molecule has 1 heterocycles. The average molecular weight is 525 g/mol. The highest BCUT2D eigenvalue weighted by molar-refractivity contribution is 6.41. The molecule has 5 rings (SSSR count). The Morgan fingerprint density at radius 1 is 0.769 bits per heavy atom. The maximum absolute atomic E-state index is 4.35. The van der Waals surface area contributed by atoms with Gasteiger partial charge in [0.1, 0.15) is 7.85 Å². The second kappa shape index (κ2) is 14.7. The molecule has 4 aromatic carbocycles. The van der Waals surface area contributed by atoms with Gasteiger partial charge in [0.25, 0.3) is 0 Å². The molecule has 0 bridgehead atoms. The van der Waals surface area contributed by atoms with Crippen molar-refractivity contribution in [3.8, 4) is 0 Å². The first-order valence-corrected chi connectivity index (χ1v) is 15.5. The van der Waals surface area contributed by atoms with Crippen molar-refractivity contribution >= 4 is 22.9 Å². The summed E-state index contributed by atoms with van der Waals surface area (Å²) in [4.78, 5) is 4.35. The molecule has 39 heavy (non-hydrogen) atoms. The predicted octanol–water partition coefficient (Wildman–Crippen LogP) is 6.89. The summed E-state index contributed by atoms with van der Waals surface area (Å²) in [5.41, 5.74) is 6.55. The Hall–Kier alpha value is -4.15. The highest BCUT2D eigenvalue weighted by atomic mass is 28.2. The molecule has 0 aliphatic heterocycles. The summed E-state index contributed by atoms with van der Waals surface area (Å²) in [6, 6.07) is 44.0. The molecule has 2 nitrogen and oxygen atoms in total. The minimum atomic E-state index is -0.492. The van der Waals surface area contributed by atoms with Gasteiger partial charge in [-0.05, 0) is 34.2 Å². The molecule has 0 saturated heterocycles. The van der Waals surface area contributed by atoms with Crippen molar-refractivity contribution in [3.63, 3.8) is 0 Å². The third kappa shape index (κ3) is 7.04. The molecule has 0 amide bonds. The van der Waals surface area contributed by atoms with Gasteiger partial charge in [-0.15, -0.1) is 12.6 Å². The smallest absolute Gasteiger partial charge is 0.130 e. The molecule has 0 aliphatic rings. The van der Waals surface area contributed by atoms with Gasteiger partial charge in [-0.3, -0.25) is 0 Å². The molecule has 4 heteroatoms. The molecule has 1 aromatic heterocycles. The van der Waals surface area contributed by atoms with Gasteiger partial charge in [0.2, 0.25) is 0 Å². The third-order valence-corrected chi connectivity index (χ3v) is 9.86. The molecule has 0 fully saturated rings. The SMILES string of the molecule is BC=C(c1ccccc1)c1ccccc1.C=CCCC[SiH2]C(c1ccccc1)(c1ccccc1)n1ccnc1. The van der Waals surface area contributed by atoms with E-state index in [9.17, 15) is 0 Å². The van der Waals surface area contributed by atoms with Crippen molar-refractivity contribution in [1.82, 2.24) is 9.55 Å². The van der Waals surface area contributed by atoms with Crippen LogP contribution in [0.15, 0.2) is 159 Å². The van der Waals surface area contributed by atoms with Crippen molar-refractivity contribution in [2.45, 2.75) is 24.0 Å². The van der Waals surface area contributed by atoms with Crippen LogP contribution in [0.3, 0.4) is 0 Å². The number of hydrogen-bond acceptors (Lipinski definition) is 1. The van der Waals surface area contributed by atoms with Crippen LogP contribution in [0.1, 0.15) is 35.1 Å². The molecular formula is C35H37BN2Si. The van der Waals surface area contributed by atoms with E-state index in [-0.39, 0.29) is 5.16 Å². The third-order valence-electron chi connectivity index (χ3n) is 7.10. The number of allylic oxidation sites excluding steroid dienone is 1. The number of unbranched alkanes of at least 4 members (excludes halogenated alkanes) is 1. The van der Waals surface area contributed by atoms with Crippen molar-refractivity contribution in [2.24, 2.45) is 0 Å². The Bertz CT molecular complexity index is 1320. The summed E-state index contributed by atoms with van der Waals surface area (Å²) in [7, 11) is 1.59. The highest BCUT2D eigenvalue weighted by Gasteiger charge is 2.35. The maximum Gasteiger partial charge on any atom is 0.130 e. The minimum Gasteiger partial charge on any atom is -0.327 e. The molecule has 0 unspecified atom stereocenters. The molecule has 0 N–H and O–H groups in total. The van der Waals surface area contributed by atoms with E-state index in [4.69, 9.17) is 0 Å². The van der Waals surface area contributed by atoms with Crippen LogP contribution in [0.2, 0.25) is 6.04 Å². The van der Waals surface area contributed by atoms with Crippen LogP contribution in [0.5, 0.6) is 0 Å². The lowest BCUT2D eigenvalue weighted by molar-refractivity contribution is 0.589. The second-order valence-electron chi connectivity index (χ2n) is 9.53. The van der Waals surface area contributed by atoms with Crippen LogP contribution >= 0.6 is 0 Å². The highest BCUT2D eigenvalue weighted by Crippen LogP contribution is 2.34. The van der Waals surface area contributed by atoms with Crippen molar-refractivity contribution in [1.29, 1.82) is 0 Å². The molecule has 194 valence electrons. The summed E-state index contributed by atoms with van der Waals surface area (Å²) in [5, 5.41) is -0.0831. The summed E-state index contributed by atoms with van der Waals surface area (Å²) >= 11 is 0. The standard InChI is InChI=1S/C21H24N2Si.C14H13B/c1-2-3-10-17-24-21(23-16-15-22-18-23,19-11-6-4-7-12-19)20-13-8-5-9-14-20;15-11-14(12-7-3-1-4-8-12)13-9-5-2-6-10-13/h2,4-9,11-16,18H,1,3,10,17,24H2;1-11H,15H2. The lowest BCUT2D eigenvalue weighted by atomic mass is 9.92. The van der Waals surface area contributed by atoms with Gasteiger partial charge in [0.05, 0.1) is 21.0 Å². The molecule has 0 radical (unpaired) electrons. The van der Waals surface area contributed by atoms with Gasteiger partial charge in [0.15, 0.2) is 0 Å². The van der Waals surface area contributed by atoms with Crippen LogP contribution in [-0.4, -0.2) is 26.9 Å². The summed E-state index contributed by atoms with van der Waals surface area (Å²) < 4.78 is 2.32. The van der Waals surface area contributed by atoms with Crippen molar-refractivity contribution < 1.29 is 0 Å². The zero-order valence-corrected chi connectivity index (χ0v) is 24.3. The number of hydrogen-bond donors (Lipinski definition) is 0. The largest absolute Gasteiger partial charge is 0.327 e. The van der Waals surface area contributed by atoms with Crippen LogP contribution in [0, 0.1) is 0 Å². The number of rotatable bonds is 10. The fourth-order valence-electron chi connectivity index (χ4n) is 5.20. The lowest BCUT2D eigenvalue weighted by Gasteiger charge is -2.37. The molecule has 5 aromatic rings. The Labute approximate surface area is 237 Å². The Balaban J connectivity index is 0.000000202. The van der Waals surface area contributed by atoms with E-state index in [0.29, 0.717) is 0 Å². The minimum absolute atomic E-state index is 0.0831. The van der Waals surface area contributed by atoms with Crippen LogP contribution in [-0.2, 0) is 5.16 Å². The topological polar surface area (TPSA) is 17.8 Å². The molecular weight excluding hydrogens is 487 g/mol. The van der Waals surface area contributed by atoms with Gasteiger partial charge in [-0.1, -0.05) is 140 Å². The number of imidazole rings is 1. The number of benzene rings is 4. The lowest BCUT2D eigenvalue weighted by Crippen LogP contribution is -2.41. The Kier molecular flexibility index (Phi) is 10.5. The molecule has 0 aliphatic carbocycles. The van der Waals surface area contributed by atoms with Crippen LogP contribution in [0.25, 0.3) is 5.57 Å². The predicted molar refractivity (Wildman–Crippen MR) is 173 cm³/mol. The first-order valence-electron chi connectivity index (χ1n) is 13.8. The van der Waals surface area contributed by atoms with E-state index >= 15 is 0 Å². The zero-order chi connectivity index (χ0) is 27.2. The van der Waals surface area contributed by atoms with Gasteiger partial charge in [0, 0.05) is 12.4 Å². The van der Waals surface area contributed by atoms with E-state index in [1.807, 2.05) is 30.7 Å². The summed E-state index contributed by atoms with van der Waals surface area (Å²) in [5.74, 6) is 2.16. The fraction of sp³-hybridized carbons (Fsp3) is 0.114. The van der Waals surface area contributed by atoms with E-state index in [2.05, 4.69) is 145 Å².